The van der Waals surface area contributed by atoms with Crippen molar-refractivity contribution in [1.29, 1.82) is 0 Å². The highest BCUT2D eigenvalue weighted by atomic mass is 79.9. The number of pyridine rings is 1. The van der Waals surface area contributed by atoms with Crippen LogP contribution >= 0.6 is 39.1 Å². The van der Waals surface area contributed by atoms with Crippen LogP contribution in [0.4, 0.5) is 21.6 Å². The number of anilines is 3. The van der Waals surface area contributed by atoms with E-state index in [2.05, 4.69) is 26.2 Å². The van der Waals surface area contributed by atoms with Crippen LogP contribution in [0.2, 0.25) is 10.2 Å². The molecule has 2 rings (SSSR count). The number of rotatable bonds is 2. The van der Waals surface area contributed by atoms with E-state index in [1.54, 1.807) is 12.1 Å². The number of aromatic nitrogens is 1. The maximum atomic E-state index is 13.1. The van der Waals surface area contributed by atoms with E-state index in [1.165, 1.54) is 12.1 Å². The van der Waals surface area contributed by atoms with Gasteiger partial charge in [0.15, 0.2) is 5.82 Å². The molecule has 7 heteroatoms. The largest absolute Gasteiger partial charge is 0.396 e. The average Bonchev–Trinajstić information content (AvgIpc) is 2.28. The van der Waals surface area contributed by atoms with Gasteiger partial charge in [0.25, 0.3) is 0 Å². The van der Waals surface area contributed by atoms with Gasteiger partial charge in [-0.2, -0.15) is 0 Å². The van der Waals surface area contributed by atoms with Gasteiger partial charge in [0.2, 0.25) is 0 Å². The number of hydrogen-bond donors (Lipinski definition) is 2. The summed E-state index contributed by atoms with van der Waals surface area (Å²) < 4.78 is 13.6. The van der Waals surface area contributed by atoms with Gasteiger partial charge in [-0.25, -0.2) is 9.37 Å². The Morgan fingerprint density at radius 2 is 2.00 bits per heavy atom. The maximum absolute atomic E-state index is 13.1. The van der Waals surface area contributed by atoms with Gasteiger partial charge in [-0.1, -0.05) is 23.2 Å². The van der Waals surface area contributed by atoms with Crippen LogP contribution < -0.4 is 11.1 Å². The van der Waals surface area contributed by atoms with E-state index in [-0.39, 0.29) is 5.02 Å². The Bertz CT molecular complexity index is 584. The summed E-state index contributed by atoms with van der Waals surface area (Å²) in [7, 11) is 0. The Balaban J connectivity index is 2.43. The lowest BCUT2D eigenvalue weighted by Gasteiger charge is -2.12. The quantitative estimate of drug-likeness (QED) is 0.777. The smallest absolute Gasteiger partial charge is 0.155 e. The molecule has 0 unspecified atom stereocenters. The van der Waals surface area contributed by atoms with E-state index in [9.17, 15) is 4.39 Å². The highest BCUT2D eigenvalue weighted by molar-refractivity contribution is 9.10. The van der Waals surface area contributed by atoms with Crippen molar-refractivity contribution in [3.8, 4) is 0 Å². The number of benzene rings is 1. The topological polar surface area (TPSA) is 50.9 Å². The summed E-state index contributed by atoms with van der Waals surface area (Å²) in [6.45, 7) is 0. The highest BCUT2D eigenvalue weighted by Crippen LogP contribution is 2.35. The maximum Gasteiger partial charge on any atom is 0.155 e. The van der Waals surface area contributed by atoms with Crippen molar-refractivity contribution in [3.05, 3.63) is 44.7 Å². The van der Waals surface area contributed by atoms with Crippen LogP contribution in [0.5, 0.6) is 0 Å². The van der Waals surface area contributed by atoms with Crippen LogP contribution in [-0.2, 0) is 0 Å². The SMILES string of the molecule is Nc1ccc(Cl)nc1Nc1c(Cl)cc(F)cc1Br. The molecule has 1 heterocycles. The molecule has 1 aromatic carbocycles. The van der Waals surface area contributed by atoms with Crippen molar-refractivity contribution in [2.45, 2.75) is 0 Å². The van der Waals surface area contributed by atoms with Crippen molar-refractivity contribution < 1.29 is 4.39 Å². The molecule has 0 fully saturated rings. The molecular formula is C11H7BrCl2FN3. The van der Waals surface area contributed by atoms with Gasteiger partial charge < -0.3 is 11.1 Å². The summed E-state index contributed by atoms with van der Waals surface area (Å²) in [5.41, 5.74) is 6.63. The molecule has 0 amide bonds. The van der Waals surface area contributed by atoms with Crippen molar-refractivity contribution >= 4 is 56.3 Å². The molecule has 0 aliphatic carbocycles. The van der Waals surface area contributed by atoms with E-state index in [0.29, 0.717) is 26.8 Å². The minimum Gasteiger partial charge on any atom is -0.396 e. The standard InChI is InChI=1S/C11H7BrCl2FN3/c12-6-3-5(15)4-7(13)10(6)18-11-8(16)1-2-9(14)17-11/h1-4H,16H2,(H,17,18). The Morgan fingerprint density at radius 3 is 2.67 bits per heavy atom. The second-order valence-electron chi connectivity index (χ2n) is 3.44. The third kappa shape index (κ3) is 2.85. The monoisotopic (exact) mass is 349 g/mol. The molecule has 0 aliphatic heterocycles. The molecule has 0 radical (unpaired) electrons. The van der Waals surface area contributed by atoms with E-state index >= 15 is 0 Å². The fourth-order valence-electron chi connectivity index (χ4n) is 1.33. The van der Waals surface area contributed by atoms with Crippen LogP contribution in [0.3, 0.4) is 0 Å². The summed E-state index contributed by atoms with van der Waals surface area (Å²) >= 11 is 14.9. The molecule has 2 aromatic rings. The van der Waals surface area contributed by atoms with Gasteiger partial charge in [-0.05, 0) is 40.2 Å². The molecular weight excluding hydrogens is 344 g/mol. The second kappa shape index (κ2) is 5.30. The van der Waals surface area contributed by atoms with Crippen molar-refractivity contribution in [3.63, 3.8) is 0 Å². The first-order valence-electron chi connectivity index (χ1n) is 4.81. The van der Waals surface area contributed by atoms with E-state index in [1.807, 2.05) is 0 Å². The van der Waals surface area contributed by atoms with Crippen LogP contribution in [0.1, 0.15) is 0 Å². The van der Waals surface area contributed by atoms with E-state index in [0.717, 1.165) is 0 Å². The Kier molecular flexibility index (Phi) is 3.94. The zero-order chi connectivity index (χ0) is 13.3. The molecule has 0 saturated heterocycles. The first-order chi connectivity index (χ1) is 8.47. The van der Waals surface area contributed by atoms with E-state index in [4.69, 9.17) is 28.9 Å². The Morgan fingerprint density at radius 1 is 1.28 bits per heavy atom. The molecule has 0 atom stereocenters. The number of hydrogen-bond acceptors (Lipinski definition) is 3. The zero-order valence-electron chi connectivity index (χ0n) is 8.85. The van der Waals surface area contributed by atoms with Gasteiger partial charge >= 0.3 is 0 Å². The summed E-state index contributed by atoms with van der Waals surface area (Å²) in [6, 6.07) is 5.66. The lowest BCUT2D eigenvalue weighted by molar-refractivity contribution is 0.627. The molecule has 18 heavy (non-hydrogen) atoms. The molecule has 0 bridgehead atoms. The average molecular weight is 351 g/mol. The van der Waals surface area contributed by atoms with Crippen molar-refractivity contribution in [2.75, 3.05) is 11.1 Å². The number of nitrogens with zero attached hydrogens (tertiary/aromatic N) is 1. The van der Waals surface area contributed by atoms with Gasteiger partial charge in [0.1, 0.15) is 11.0 Å². The minimum atomic E-state index is -0.440. The number of nitrogen functional groups attached to an aromatic ring is 1. The molecule has 3 nitrogen and oxygen atoms in total. The van der Waals surface area contributed by atoms with Gasteiger partial charge in [0.05, 0.1) is 16.4 Å². The molecule has 3 N–H and O–H groups in total. The van der Waals surface area contributed by atoms with Gasteiger partial charge in [-0.15, -0.1) is 0 Å². The predicted octanol–water partition coefficient (Wildman–Crippen LogP) is 4.62. The predicted molar refractivity (Wildman–Crippen MR) is 76.1 cm³/mol. The molecule has 0 aliphatic rings. The van der Waals surface area contributed by atoms with Crippen LogP contribution in [0.15, 0.2) is 28.7 Å². The fourth-order valence-corrected chi connectivity index (χ4v) is 2.37. The Hall–Kier alpha value is -1.04. The molecule has 94 valence electrons. The number of halogens is 4. The second-order valence-corrected chi connectivity index (χ2v) is 5.09. The first-order valence-corrected chi connectivity index (χ1v) is 6.36. The third-order valence-electron chi connectivity index (χ3n) is 2.14. The summed E-state index contributed by atoms with van der Waals surface area (Å²) in [4.78, 5) is 4.03. The summed E-state index contributed by atoms with van der Waals surface area (Å²) in [5, 5.41) is 3.41. The number of nitrogens with two attached hydrogens (primary N) is 1. The fraction of sp³-hybridized carbons (Fsp3) is 0. The molecule has 0 spiro atoms. The Labute approximate surface area is 121 Å². The van der Waals surface area contributed by atoms with Crippen LogP contribution in [0, 0.1) is 5.82 Å². The molecule has 0 saturated carbocycles. The van der Waals surface area contributed by atoms with Crippen LogP contribution in [0.25, 0.3) is 0 Å². The highest BCUT2D eigenvalue weighted by Gasteiger charge is 2.11. The van der Waals surface area contributed by atoms with Crippen molar-refractivity contribution in [1.82, 2.24) is 4.98 Å². The van der Waals surface area contributed by atoms with Gasteiger partial charge in [0, 0.05) is 4.47 Å². The summed E-state index contributed by atoms with van der Waals surface area (Å²) in [5.74, 6) is -0.0823. The van der Waals surface area contributed by atoms with Gasteiger partial charge in [-0.3, -0.25) is 0 Å². The lowest BCUT2D eigenvalue weighted by atomic mass is 10.3. The van der Waals surface area contributed by atoms with E-state index < -0.39 is 5.82 Å². The first kappa shape index (κ1) is 13.4. The lowest BCUT2D eigenvalue weighted by Crippen LogP contribution is -2.00. The van der Waals surface area contributed by atoms with Crippen molar-refractivity contribution in [2.24, 2.45) is 0 Å². The normalized spacial score (nSPS) is 10.4. The third-order valence-corrected chi connectivity index (χ3v) is 3.28. The summed E-state index contributed by atoms with van der Waals surface area (Å²) in [6.07, 6.45) is 0. The number of nitrogens with one attached hydrogen (secondary N) is 1. The zero-order valence-corrected chi connectivity index (χ0v) is 11.9. The van der Waals surface area contributed by atoms with Crippen LogP contribution in [-0.4, -0.2) is 4.98 Å². The molecule has 1 aromatic heterocycles. The minimum absolute atomic E-state index is 0.211.